The number of nitrogens with one attached hydrogen (secondary N) is 1. The SMILES string of the molecule is Cc1cccc(CC(N2NC(=O)CC2(C)C)C(F)(F)F)c1. The molecule has 2 rings (SSSR count). The lowest BCUT2D eigenvalue weighted by atomic mass is 9.96. The Morgan fingerprint density at radius 1 is 1.38 bits per heavy atom. The van der Waals surface area contributed by atoms with Crippen LogP contribution in [0.15, 0.2) is 24.3 Å². The maximum Gasteiger partial charge on any atom is 0.406 e. The molecule has 1 N–H and O–H groups in total. The first-order valence-electron chi connectivity index (χ1n) is 6.81. The average Bonchev–Trinajstić information content (AvgIpc) is 2.58. The van der Waals surface area contributed by atoms with Gasteiger partial charge in [-0.25, -0.2) is 5.01 Å². The van der Waals surface area contributed by atoms with E-state index in [9.17, 15) is 18.0 Å². The van der Waals surface area contributed by atoms with Crippen LogP contribution in [-0.2, 0) is 11.2 Å². The number of amides is 1. The number of rotatable bonds is 3. The third kappa shape index (κ3) is 3.56. The van der Waals surface area contributed by atoms with Gasteiger partial charge in [0.15, 0.2) is 0 Å². The summed E-state index contributed by atoms with van der Waals surface area (Å²) in [4.78, 5) is 11.5. The molecule has 1 atom stereocenters. The molecule has 0 bridgehead atoms. The number of halogens is 3. The molecule has 1 heterocycles. The summed E-state index contributed by atoms with van der Waals surface area (Å²) in [6, 6.07) is 5.26. The number of alkyl halides is 3. The fourth-order valence-corrected chi connectivity index (χ4v) is 2.72. The number of carbonyl (C=O) groups excluding carboxylic acids is 1. The van der Waals surface area contributed by atoms with E-state index >= 15 is 0 Å². The van der Waals surface area contributed by atoms with Gasteiger partial charge in [-0.3, -0.25) is 10.2 Å². The second kappa shape index (κ2) is 5.33. The molecule has 21 heavy (non-hydrogen) atoms. The largest absolute Gasteiger partial charge is 0.406 e. The van der Waals surface area contributed by atoms with Crippen molar-refractivity contribution in [3.05, 3.63) is 35.4 Å². The van der Waals surface area contributed by atoms with Gasteiger partial charge in [0.2, 0.25) is 5.91 Å². The van der Waals surface area contributed by atoms with Crippen LogP contribution >= 0.6 is 0 Å². The molecule has 3 nitrogen and oxygen atoms in total. The highest BCUT2D eigenvalue weighted by molar-refractivity contribution is 5.78. The fourth-order valence-electron chi connectivity index (χ4n) is 2.72. The van der Waals surface area contributed by atoms with Crippen molar-refractivity contribution >= 4 is 5.91 Å². The monoisotopic (exact) mass is 300 g/mol. The number of hydrogen-bond donors (Lipinski definition) is 1. The van der Waals surface area contributed by atoms with E-state index in [4.69, 9.17) is 0 Å². The van der Waals surface area contributed by atoms with Crippen molar-refractivity contribution in [2.75, 3.05) is 0 Å². The molecule has 0 aliphatic carbocycles. The number of carbonyl (C=O) groups is 1. The molecular weight excluding hydrogens is 281 g/mol. The number of aryl methyl sites for hydroxylation is 1. The average molecular weight is 300 g/mol. The summed E-state index contributed by atoms with van der Waals surface area (Å²) in [5.41, 5.74) is 3.02. The molecule has 6 heteroatoms. The van der Waals surface area contributed by atoms with Crippen LogP contribution in [0.1, 0.15) is 31.4 Å². The minimum Gasteiger partial charge on any atom is -0.288 e. The quantitative estimate of drug-likeness (QED) is 0.931. The molecule has 0 aromatic heterocycles. The molecule has 1 aromatic carbocycles. The number of nitrogens with zero attached hydrogens (tertiary/aromatic N) is 1. The summed E-state index contributed by atoms with van der Waals surface area (Å²) in [7, 11) is 0. The lowest BCUT2D eigenvalue weighted by Crippen LogP contribution is -2.57. The van der Waals surface area contributed by atoms with E-state index in [1.807, 2.05) is 13.0 Å². The minimum atomic E-state index is -4.42. The van der Waals surface area contributed by atoms with Gasteiger partial charge in [0.1, 0.15) is 6.04 Å². The predicted octanol–water partition coefficient (Wildman–Crippen LogP) is 2.98. The highest BCUT2D eigenvalue weighted by Crippen LogP contribution is 2.34. The van der Waals surface area contributed by atoms with Gasteiger partial charge in [0, 0.05) is 12.0 Å². The molecule has 1 saturated heterocycles. The van der Waals surface area contributed by atoms with E-state index in [0.717, 1.165) is 10.6 Å². The smallest absolute Gasteiger partial charge is 0.288 e. The first kappa shape index (κ1) is 15.8. The minimum absolute atomic E-state index is 0.0629. The summed E-state index contributed by atoms with van der Waals surface area (Å²) in [5.74, 6) is -0.376. The van der Waals surface area contributed by atoms with Gasteiger partial charge in [-0.2, -0.15) is 13.2 Å². The molecule has 1 unspecified atom stereocenters. The Kier molecular flexibility index (Phi) is 4.02. The molecule has 116 valence electrons. The first-order valence-corrected chi connectivity index (χ1v) is 6.81. The van der Waals surface area contributed by atoms with E-state index in [1.54, 1.807) is 32.0 Å². The molecule has 1 fully saturated rings. The predicted molar refractivity (Wildman–Crippen MR) is 73.4 cm³/mol. The molecule has 0 saturated carbocycles. The van der Waals surface area contributed by atoms with Crippen LogP contribution in [0.3, 0.4) is 0 Å². The Labute approximate surface area is 122 Å². The lowest BCUT2D eigenvalue weighted by Gasteiger charge is -2.37. The lowest BCUT2D eigenvalue weighted by molar-refractivity contribution is -0.200. The van der Waals surface area contributed by atoms with Crippen molar-refractivity contribution in [2.45, 2.75) is 51.4 Å². The topological polar surface area (TPSA) is 32.3 Å². The Hall–Kier alpha value is -1.56. The summed E-state index contributed by atoms with van der Waals surface area (Å²) < 4.78 is 40.3. The Bertz CT molecular complexity index is 540. The van der Waals surface area contributed by atoms with Gasteiger partial charge < -0.3 is 0 Å². The molecule has 1 amide bonds. The summed E-state index contributed by atoms with van der Waals surface area (Å²) in [6.07, 6.45) is -4.54. The van der Waals surface area contributed by atoms with Gasteiger partial charge in [-0.1, -0.05) is 29.8 Å². The van der Waals surface area contributed by atoms with Crippen molar-refractivity contribution in [3.8, 4) is 0 Å². The van der Waals surface area contributed by atoms with Crippen LogP contribution in [0.25, 0.3) is 0 Å². The standard InChI is InChI=1S/C15H19F3N2O/c1-10-5-4-6-11(7-10)8-12(15(16,17)18)20-14(2,3)9-13(21)19-20/h4-7,12H,8-9H2,1-3H3,(H,19,21). The highest BCUT2D eigenvalue weighted by Gasteiger charge is 2.51. The molecular formula is C15H19F3N2O. The zero-order chi connectivity index (χ0) is 15.8. The molecule has 1 aromatic rings. The van der Waals surface area contributed by atoms with Crippen molar-refractivity contribution in [2.24, 2.45) is 0 Å². The number of hydrazine groups is 1. The zero-order valence-electron chi connectivity index (χ0n) is 12.3. The zero-order valence-corrected chi connectivity index (χ0v) is 12.3. The van der Waals surface area contributed by atoms with Crippen LogP contribution in [-0.4, -0.2) is 28.7 Å². The van der Waals surface area contributed by atoms with E-state index in [2.05, 4.69) is 5.43 Å². The first-order chi connectivity index (χ1) is 9.59. The fraction of sp³-hybridized carbons (Fsp3) is 0.533. The Morgan fingerprint density at radius 3 is 2.52 bits per heavy atom. The maximum absolute atomic E-state index is 13.4. The Morgan fingerprint density at radius 2 is 2.05 bits per heavy atom. The molecule has 0 radical (unpaired) electrons. The van der Waals surface area contributed by atoms with E-state index < -0.39 is 17.8 Å². The third-order valence-corrected chi connectivity index (χ3v) is 3.69. The van der Waals surface area contributed by atoms with Gasteiger partial charge in [0.25, 0.3) is 0 Å². The Balaban J connectivity index is 2.30. The molecule has 1 aliphatic rings. The maximum atomic E-state index is 13.4. The van der Waals surface area contributed by atoms with Gasteiger partial charge in [-0.15, -0.1) is 0 Å². The van der Waals surface area contributed by atoms with Crippen LogP contribution in [0.4, 0.5) is 13.2 Å². The molecule has 0 spiro atoms. The summed E-state index contributed by atoms with van der Waals surface area (Å²) in [6.45, 7) is 5.12. The third-order valence-electron chi connectivity index (χ3n) is 3.69. The summed E-state index contributed by atoms with van der Waals surface area (Å²) >= 11 is 0. The summed E-state index contributed by atoms with van der Waals surface area (Å²) in [5, 5.41) is 1.05. The normalized spacial score (nSPS) is 20.4. The van der Waals surface area contributed by atoms with Crippen molar-refractivity contribution in [3.63, 3.8) is 0 Å². The van der Waals surface area contributed by atoms with E-state index in [1.165, 1.54) is 0 Å². The van der Waals surface area contributed by atoms with Crippen LogP contribution < -0.4 is 5.43 Å². The van der Waals surface area contributed by atoms with Gasteiger partial charge in [0.05, 0.1) is 0 Å². The van der Waals surface area contributed by atoms with Gasteiger partial charge >= 0.3 is 6.18 Å². The molecule has 1 aliphatic heterocycles. The van der Waals surface area contributed by atoms with Crippen molar-refractivity contribution in [1.82, 2.24) is 10.4 Å². The second-order valence-corrected chi connectivity index (χ2v) is 6.14. The second-order valence-electron chi connectivity index (χ2n) is 6.14. The van der Waals surface area contributed by atoms with Crippen LogP contribution in [0, 0.1) is 6.92 Å². The van der Waals surface area contributed by atoms with Crippen LogP contribution in [0.2, 0.25) is 0 Å². The van der Waals surface area contributed by atoms with E-state index in [-0.39, 0.29) is 18.7 Å². The van der Waals surface area contributed by atoms with Gasteiger partial charge in [-0.05, 0) is 32.8 Å². The van der Waals surface area contributed by atoms with Crippen molar-refractivity contribution < 1.29 is 18.0 Å². The van der Waals surface area contributed by atoms with Crippen molar-refractivity contribution in [1.29, 1.82) is 0 Å². The number of benzene rings is 1. The highest BCUT2D eigenvalue weighted by atomic mass is 19.4. The van der Waals surface area contributed by atoms with Crippen LogP contribution in [0.5, 0.6) is 0 Å². The number of hydrogen-bond acceptors (Lipinski definition) is 2. The van der Waals surface area contributed by atoms with E-state index in [0.29, 0.717) is 5.56 Å².